The van der Waals surface area contributed by atoms with Gasteiger partial charge in [0.15, 0.2) is 0 Å². The maximum Gasteiger partial charge on any atom is 0.253 e. The van der Waals surface area contributed by atoms with E-state index in [-0.39, 0.29) is 12.5 Å². The molecular formula is C15H17ClN2O3. The quantitative estimate of drug-likeness (QED) is 0.768. The highest BCUT2D eigenvalue weighted by atomic mass is 35.5. The first kappa shape index (κ1) is 15.7. The largest absolute Gasteiger partial charge is 0.394 e. The molecule has 21 heavy (non-hydrogen) atoms. The number of nitrogens with zero attached hydrogens (tertiary/aromatic N) is 1. The number of carbonyl (C=O) groups is 1. The molecule has 0 spiro atoms. The molecule has 0 aliphatic heterocycles. The Morgan fingerprint density at radius 1 is 1.33 bits per heavy atom. The van der Waals surface area contributed by atoms with E-state index in [2.05, 4.69) is 10.3 Å². The van der Waals surface area contributed by atoms with Gasteiger partial charge in [0.2, 0.25) is 0 Å². The van der Waals surface area contributed by atoms with E-state index in [4.69, 9.17) is 21.4 Å². The summed E-state index contributed by atoms with van der Waals surface area (Å²) in [5, 5.41) is 12.7. The Morgan fingerprint density at radius 2 is 2.19 bits per heavy atom. The number of rotatable bonds is 7. The van der Waals surface area contributed by atoms with Gasteiger partial charge >= 0.3 is 0 Å². The molecule has 0 saturated heterocycles. The molecule has 0 aliphatic rings. The van der Waals surface area contributed by atoms with Crippen LogP contribution in [-0.2, 0) is 4.74 Å². The van der Waals surface area contributed by atoms with Crippen molar-refractivity contribution in [1.82, 2.24) is 10.3 Å². The normalized spacial score (nSPS) is 10.8. The predicted molar refractivity (Wildman–Crippen MR) is 81.6 cm³/mol. The van der Waals surface area contributed by atoms with Crippen molar-refractivity contribution in [2.75, 3.05) is 26.4 Å². The number of fused-ring (bicyclic) bond motifs is 1. The SMILES string of the molecule is O=C(NCCCOCCO)c1ccc(Cl)c2cccnc12. The highest BCUT2D eigenvalue weighted by Crippen LogP contribution is 2.24. The molecule has 0 unspecified atom stereocenters. The number of hydrogen-bond acceptors (Lipinski definition) is 4. The zero-order chi connectivity index (χ0) is 15.1. The van der Waals surface area contributed by atoms with E-state index in [1.165, 1.54) is 0 Å². The molecular weight excluding hydrogens is 292 g/mol. The van der Waals surface area contributed by atoms with Gasteiger partial charge < -0.3 is 15.2 Å². The molecule has 112 valence electrons. The Balaban J connectivity index is 1.98. The number of amides is 1. The van der Waals surface area contributed by atoms with Crippen molar-refractivity contribution in [3.8, 4) is 0 Å². The lowest BCUT2D eigenvalue weighted by atomic mass is 10.1. The summed E-state index contributed by atoms with van der Waals surface area (Å²) < 4.78 is 5.13. The Kier molecular flexibility index (Phi) is 5.92. The Labute approximate surface area is 127 Å². The maximum atomic E-state index is 12.2. The number of ether oxygens (including phenoxy) is 1. The number of aromatic nitrogens is 1. The van der Waals surface area contributed by atoms with Gasteiger partial charge in [-0.25, -0.2) is 0 Å². The van der Waals surface area contributed by atoms with Gasteiger partial charge in [0.25, 0.3) is 5.91 Å². The van der Waals surface area contributed by atoms with Gasteiger partial charge in [-0.05, 0) is 30.7 Å². The molecule has 0 radical (unpaired) electrons. The zero-order valence-electron chi connectivity index (χ0n) is 11.5. The summed E-state index contributed by atoms with van der Waals surface area (Å²) in [5.74, 6) is -0.183. The highest BCUT2D eigenvalue weighted by Gasteiger charge is 2.12. The summed E-state index contributed by atoms with van der Waals surface area (Å²) in [6.45, 7) is 1.33. The molecule has 0 bridgehead atoms. The fourth-order valence-electron chi connectivity index (χ4n) is 1.96. The van der Waals surface area contributed by atoms with Crippen LogP contribution in [0.15, 0.2) is 30.5 Å². The van der Waals surface area contributed by atoms with E-state index < -0.39 is 0 Å². The minimum Gasteiger partial charge on any atom is -0.394 e. The van der Waals surface area contributed by atoms with E-state index in [1.54, 1.807) is 24.4 Å². The van der Waals surface area contributed by atoms with Crippen molar-refractivity contribution in [1.29, 1.82) is 0 Å². The molecule has 1 aromatic heterocycles. The van der Waals surface area contributed by atoms with Crippen LogP contribution in [0.1, 0.15) is 16.8 Å². The number of carbonyl (C=O) groups excluding carboxylic acids is 1. The van der Waals surface area contributed by atoms with Crippen LogP contribution in [0.5, 0.6) is 0 Å². The minimum atomic E-state index is -0.183. The average Bonchev–Trinajstić information content (AvgIpc) is 2.51. The summed E-state index contributed by atoms with van der Waals surface area (Å²) in [5.41, 5.74) is 1.10. The molecule has 0 atom stereocenters. The van der Waals surface area contributed by atoms with Crippen molar-refractivity contribution in [3.63, 3.8) is 0 Å². The number of nitrogens with one attached hydrogen (secondary N) is 1. The Hall–Kier alpha value is -1.69. The van der Waals surface area contributed by atoms with E-state index in [1.807, 2.05) is 6.07 Å². The second kappa shape index (κ2) is 7.93. The van der Waals surface area contributed by atoms with Crippen LogP contribution in [0.2, 0.25) is 5.02 Å². The van der Waals surface area contributed by atoms with Crippen LogP contribution in [0.3, 0.4) is 0 Å². The molecule has 1 heterocycles. The van der Waals surface area contributed by atoms with Gasteiger partial charge in [-0.2, -0.15) is 0 Å². The number of halogens is 1. The first-order valence-corrected chi connectivity index (χ1v) is 7.12. The number of benzene rings is 1. The molecule has 0 aliphatic carbocycles. The smallest absolute Gasteiger partial charge is 0.253 e. The fourth-order valence-corrected chi connectivity index (χ4v) is 2.17. The van der Waals surface area contributed by atoms with Gasteiger partial charge in [-0.15, -0.1) is 0 Å². The topological polar surface area (TPSA) is 71.5 Å². The summed E-state index contributed by atoms with van der Waals surface area (Å²) in [6, 6.07) is 7.00. The fraction of sp³-hybridized carbons (Fsp3) is 0.333. The molecule has 2 aromatic rings. The molecule has 2 rings (SSSR count). The summed E-state index contributed by atoms with van der Waals surface area (Å²) in [7, 11) is 0. The number of hydrogen-bond donors (Lipinski definition) is 2. The summed E-state index contributed by atoms with van der Waals surface area (Å²) >= 11 is 6.10. The predicted octanol–water partition coefficient (Wildman–Crippen LogP) is 2.02. The van der Waals surface area contributed by atoms with Crippen LogP contribution < -0.4 is 5.32 Å². The van der Waals surface area contributed by atoms with Crippen molar-refractivity contribution >= 4 is 28.4 Å². The lowest BCUT2D eigenvalue weighted by Gasteiger charge is -2.08. The van der Waals surface area contributed by atoms with Crippen molar-refractivity contribution in [3.05, 3.63) is 41.0 Å². The molecule has 5 nitrogen and oxygen atoms in total. The first-order valence-electron chi connectivity index (χ1n) is 6.74. The molecule has 1 aromatic carbocycles. The third kappa shape index (κ3) is 4.14. The number of aliphatic hydroxyl groups excluding tert-OH is 1. The monoisotopic (exact) mass is 308 g/mol. The van der Waals surface area contributed by atoms with Gasteiger partial charge in [0, 0.05) is 24.7 Å². The second-order valence-electron chi connectivity index (χ2n) is 4.44. The molecule has 6 heteroatoms. The van der Waals surface area contributed by atoms with Crippen LogP contribution in [0.4, 0.5) is 0 Å². The van der Waals surface area contributed by atoms with E-state index >= 15 is 0 Å². The van der Waals surface area contributed by atoms with Crippen LogP contribution in [0.25, 0.3) is 10.9 Å². The maximum absolute atomic E-state index is 12.2. The number of pyridine rings is 1. The third-order valence-corrected chi connectivity index (χ3v) is 3.28. The Bertz CT molecular complexity index is 619. The lowest BCUT2D eigenvalue weighted by molar-refractivity contribution is 0.0868. The molecule has 2 N–H and O–H groups in total. The third-order valence-electron chi connectivity index (χ3n) is 2.95. The lowest BCUT2D eigenvalue weighted by Crippen LogP contribution is -2.25. The second-order valence-corrected chi connectivity index (χ2v) is 4.85. The van der Waals surface area contributed by atoms with E-state index in [9.17, 15) is 4.79 Å². The van der Waals surface area contributed by atoms with Crippen LogP contribution in [-0.4, -0.2) is 42.4 Å². The Morgan fingerprint density at radius 3 is 3.00 bits per heavy atom. The molecule has 1 amide bonds. The van der Waals surface area contributed by atoms with Crippen molar-refractivity contribution in [2.24, 2.45) is 0 Å². The summed E-state index contributed by atoms with van der Waals surface area (Å²) in [6.07, 6.45) is 2.32. The first-order chi connectivity index (χ1) is 10.2. The van der Waals surface area contributed by atoms with Crippen molar-refractivity contribution < 1.29 is 14.6 Å². The average molecular weight is 309 g/mol. The standard InChI is InChI=1S/C15H17ClN2O3/c16-13-5-4-12(14-11(13)3-1-6-17-14)15(20)18-7-2-9-21-10-8-19/h1,3-6,19H,2,7-10H2,(H,18,20). The highest BCUT2D eigenvalue weighted by molar-refractivity contribution is 6.36. The summed E-state index contributed by atoms with van der Waals surface area (Å²) in [4.78, 5) is 16.4. The zero-order valence-corrected chi connectivity index (χ0v) is 12.3. The molecule has 0 saturated carbocycles. The van der Waals surface area contributed by atoms with Crippen LogP contribution >= 0.6 is 11.6 Å². The molecule has 0 fully saturated rings. The van der Waals surface area contributed by atoms with Crippen LogP contribution in [0, 0.1) is 0 Å². The number of aliphatic hydroxyl groups is 1. The van der Waals surface area contributed by atoms with E-state index in [0.29, 0.717) is 42.3 Å². The minimum absolute atomic E-state index is 0.00872. The van der Waals surface area contributed by atoms with Gasteiger partial charge in [0.1, 0.15) is 0 Å². The van der Waals surface area contributed by atoms with Gasteiger partial charge in [-0.1, -0.05) is 11.6 Å². The van der Waals surface area contributed by atoms with E-state index in [0.717, 1.165) is 5.39 Å². The van der Waals surface area contributed by atoms with Gasteiger partial charge in [-0.3, -0.25) is 9.78 Å². The van der Waals surface area contributed by atoms with Gasteiger partial charge in [0.05, 0.1) is 29.3 Å². The van der Waals surface area contributed by atoms with Crippen molar-refractivity contribution in [2.45, 2.75) is 6.42 Å².